The molecule has 0 saturated heterocycles. The maximum atomic E-state index is 12.0. The minimum Gasteiger partial charge on any atom is -0.399 e. The van der Waals surface area contributed by atoms with Crippen molar-refractivity contribution >= 4 is 11.6 Å². The highest BCUT2D eigenvalue weighted by Crippen LogP contribution is 2.17. The summed E-state index contributed by atoms with van der Waals surface area (Å²) in [6.45, 7) is 4.59. The Balaban J connectivity index is 2.05. The van der Waals surface area contributed by atoms with Gasteiger partial charge in [-0.2, -0.15) is 5.10 Å². The van der Waals surface area contributed by atoms with Gasteiger partial charge in [-0.1, -0.05) is 13.3 Å². The first kappa shape index (κ1) is 15.0. The van der Waals surface area contributed by atoms with Crippen molar-refractivity contribution in [3.63, 3.8) is 0 Å². The van der Waals surface area contributed by atoms with Crippen LogP contribution in [0.1, 0.15) is 32.7 Å². The Hall–Kier alpha value is -2.37. The van der Waals surface area contributed by atoms with E-state index >= 15 is 0 Å². The van der Waals surface area contributed by atoms with Gasteiger partial charge in [0.15, 0.2) is 5.82 Å². The fraction of sp³-hybridized carbons (Fsp3) is 0.400. The number of benzene rings is 1. The van der Waals surface area contributed by atoms with Crippen molar-refractivity contribution < 1.29 is 4.79 Å². The van der Waals surface area contributed by atoms with Gasteiger partial charge in [-0.05, 0) is 37.6 Å². The number of hydrogen-bond donors (Lipinski definition) is 2. The van der Waals surface area contributed by atoms with Crippen molar-refractivity contribution in [1.29, 1.82) is 0 Å². The predicted octanol–water partition coefficient (Wildman–Crippen LogP) is 2.00. The molecule has 1 aromatic heterocycles. The molecule has 0 radical (unpaired) electrons. The number of carbonyl (C=O) groups excluding carboxylic acids is 1. The summed E-state index contributed by atoms with van der Waals surface area (Å²) >= 11 is 0. The third-order valence-electron chi connectivity index (χ3n) is 3.28. The van der Waals surface area contributed by atoms with Crippen LogP contribution in [-0.4, -0.2) is 27.2 Å². The third kappa shape index (κ3) is 3.81. The SMILES string of the molecule is CCCCNC(=O)C(C)n1cnc(-c2ccc(N)cc2)n1. The number of unbranched alkanes of at least 4 members (excludes halogenated alkanes) is 1. The highest BCUT2D eigenvalue weighted by Gasteiger charge is 2.16. The summed E-state index contributed by atoms with van der Waals surface area (Å²) in [5, 5.41) is 7.26. The number of nitrogens with zero attached hydrogens (tertiary/aromatic N) is 3. The monoisotopic (exact) mass is 287 g/mol. The summed E-state index contributed by atoms with van der Waals surface area (Å²) in [5.41, 5.74) is 7.23. The molecule has 0 spiro atoms. The molecule has 0 bridgehead atoms. The van der Waals surface area contributed by atoms with Crippen molar-refractivity contribution in [3.05, 3.63) is 30.6 Å². The van der Waals surface area contributed by atoms with Crippen molar-refractivity contribution in [2.45, 2.75) is 32.7 Å². The summed E-state index contributed by atoms with van der Waals surface area (Å²) in [6, 6.07) is 6.95. The molecule has 1 aromatic carbocycles. The molecule has 2 rings (SSSR count). The molecule has 6 heteroatoms. The van der Waals surface area contributed by atoms with Gasteiger partial charge in [0.25, 0.3) is 0 Å². The Kier molecular flexibility index (Phi) is 4.92. The van der Waals surface area contributed by atoms with E-state index in [1.807, 2.05) is 19.1 Å². The zero-order chi connectivity index (χ0) is 15.2. The molecule has 0 aliphatic carbocycles. The second-order valence-corrected chi connectivity index (χ2v) is 4.99. The van der Waals surface area contributed by atoms with E-state index in [9.17, 15) is 4.79 Å². The Morgan fingerprint density at radius 2 is 2.10 bits per heavy atom. The molecule has 21 heavy (non-hydrogen) atoms. The van der Waals surface area contributed by atoms with E-state index in [1.54, 1.807) is 23.1 Å². The maximum Gasteiger partial charge on any atom is 0.244 e. The summed E-state index contributed by atoms with van der Waals surface area (Å²) in [6.07, 6.45) is 3.61. The highest BCUT2D eigenvalue weighted by molar-refractivity contribution is 5.79. The number of anilines is 1. The van der Waals surface area contributed by atoms with Crippen LogP contribution in [-0.2, 0) is 4.79 Å². The maximum absolute atomic E-state index is 12.0. The van der Waals surface area contributed by atoms with Crippen LogP contribution in [0.5, 0.6) is 0 Å². The molecule has 0 aliphatic heterocycles. The summed E-state index contributed by atoms with van der Waals surface area (Å²) in [5.74, 6) is 0.542. The van der Waals surface area contributed by atoms with Crippen molar-refractivity contribution in [3.8, 4) is 11.4 Å². The molecule has 112 valence electrons. The average Bonchev–Trinajstić information content (AvgIpc) is 2.97. The summed E-state index contributed by atoms with van der Waals surface area (Å²) < 4.78 is 1.58. The van der Waals surface area contributed by atoms with Gasteiger partial charge < -0.3 is 11.1 Å². The van der Waals surface area contributed by atoms with E-state index in [-0.39, 0.29) is 11.9 Å². The lowest BCUT2D eigenvalue weighted by Crippen LogP contribution is -2.31. The molecule has 1 unspecified atom stereocenters. The van der Waals surface area contributed by atoms with E-state index in [4.69, 9.17) is 5.73 Å². The van der Waals surface area contributed by atoms with Crippen LogP contribution in [0.15, 0.2) is 30.6 Å². The van der Waals surface area contributed by atoms with Crippen LogP contribution in [0.3, 0.4) is 0 Å². The Morgan fingerprint density at radius 3 is 2.76 bits per heavy atom. The molecular formula is C15H21N5O. The molecule has 1 amide bonds. The van der Waals surface area contributed by atoms with Gasteiger partial charge in [-0.15, -0.1) is 0 Å². The molecule has 6 nitrogen and oxygen atoms in total. The second kappa shape index (κ2) is 6.88. The van der Waals surface area contributed by atoms with Gasteiger partial charge in [0.2, 0.25) is 5.91 Å². The normalized spacial score (nSPS) is 12.1. The third-order valence-corrected chi connectivity index (χ3v) is 3.28. The first-order valence-corrected chi connectivity index (χ1v) is 7.16. The zero-order valence-corrected chi connectivity index (χ0v) is 12.4. The van der Waals surface area contributed by atoms with Crippen molar-refractivity contribution in [1.82, 2.24) is 20.1 Å². The number of nitrogens with one attached hydrogen (secondary N) is 1. The van der Waals surface area contributed by atoms with Crippen LogP contribution in [0, 0.1) is 0 Å². The van der Waals surface area contributed by atoms with Crippen LogP contribution in [0.2, 0.25) is 0 Å². The molecule has 2 aromatic rings. The lowest BCUT2D eigenvalue weighted by atomic mass is 10.2. The molecule has 1 atom stereocenters. The van der Waals surface area contributed by atoms with Gasteiger partial charge in [-0.3, -0.25) is 4.79 Å². The van der Waals surface area contributed by atoms with Gasteiger partial charge in [0.05, 0.1) is 0 Å². The number of nitrogens with two attached hydrogens (primary N) is 1. The number of rotatable bonds is 6. The largest absolute Gasteiger partial charge is 0.399 e. The first-order valence-electron chi connectivity index (χ1n) is 7.16. The minimum atomic E-state index is -0.378. The Morgan fingerprint density at radius 1 is 1.38 bits per heavy atom. The predicted molar refractivity (Wildman–Crippen MR) is 82.5 cm³/mol. The molecular weight excluding hydrogens is 266 g/mol. The number of hydrogen-bond acceptors (Lipinski definition) is 4. The number of carbonyl (C=O) groups is 1. The summed E-state index contributed by atoms with van der Waals surface area (Å²) in [7, 11) is 0. The Bertz CT molecular complexity index is 590. The van der Waals surface area contributed by atoms with E-state index in [1.165, 1.54) is 0 Å². The van der Waals surface area contributed by atoms with Crippen LogP contribution in [0.25, 0.3) is 11.4 Å². The average molecular weight is 287 g/mol. The summed E-state index contributed by atoms with van der Waals surface area (Å²) in [4.78, 5) is 16.2. The first-order chi connectivity index (χ1) is 10.1. The lowest BCUT2D eigenvalue weighted by molar-refractivity contribution is -0.124. The number of aromatic nitrogens is 3. The standard InChI is InChI=1S/C15H21N5O/c1-3-4-9-17-15(21)11(2)20-10-18-14(19-20)12-5-7-13(16)8-6-12/h5-8,10-11H,3-4,9,16H2,1-2H3,(H,17,21). The minimum absolute atomic E-state index is 0.0443. The van der Waals surface area contributed by atoms with Gasteiger partial charge in [0.1, 0.15) is 12.4 Å². The quantitative estimate of drug-likeness (QED) is 0.628. The Labute approximate surface area is 124 Å². The van der Waals surface area contributed by atoms with Crippen LogP contribution >= 0.6 is 0 Å². The van der Waals surface area contributed by atoms with Crippen molar-refractivity contribution in [2.24, 2.45) is 0 Å². The van der Waals surface area contributed by atoms with Gasteiger partial charge in [0, 0.05) is 17.8 Å². The van der Waals surface area contributed by atoms with E-state index < -0.39 is 0 Å². The van der Waals surface area contributed by atoms with Crippen LogP contribution < -0.4 is 11.1 Å². The molecule has 0 fully saturated rings. The van der Waals surface area contributed by atoms with E-state index in [0.29, 0.717) is 18.1 Å². The van der Waals surface area contributed by atoms with E-state index in [0.717, 1.165) is 18.4 Å². The molecule has 0 aliphatic rings. The molecule has 3 N–H and O–H groups in total. The fourth-order valence-electron chi connectivity index (χ4n) is 1.88. The molecule has 0 saturated carbocycles. The fourth-order valence-corrected chi connectivity index (χ4v) is 1.88. The van der Waals surface area contributed by atoms with Gasteiger partial charge in [-0.25, -0.2) is 9.67 Å². The number of nitrogen functional groups attached to an aromatic ring is 1. The van der Waals surface area contributed by atoms with E-state index in [2.05, 4.69) is 22.3 Å². The van der Waals surface area contributed by atoms with Crippen molar-refractivity contribution in [2.75, 3.05) is 12.3 Å². The van der Waals surface area contributed by atoms with Crippen LogP contribution in [0.4, 0.5) is 5.69 Å². The lowest BCUT2D eigenvalue weighted by Gasteiger charge is -2.11. The van der Waals surface area contributed by atoms with Gasteiger partial charge >= 0.3 is 0 Å². The smallest absolute Gasteiger partial charge is 0.244 e. The highest BCUT2D eigenvalue weighted by atomic mass is 16.2. The topological polar surface area (TPSA) is 85.8 Å². The molecule has 1 heterocycles. The number of amides is 1. The zero-order valence-electron chi connectivity index (χ0n) is 12.4. The second-order valence-electron chi connectivity index (χ2n) is 4.99.